The number of nitrogens with one attached hydrogen (secondary N) is 1. The predicted molar refractivity (Wildman–Crippen MR) is 132 cm³/mol. The van der Waals surface area contributed by atoms with Gasteiger partial charge in [-0.25, -0.2) is 19.9 Å². The van der Waals surface area contributed by atoms with Crippen molar-refractivity contribution in [3.8, 4) is 17.3 Å². The molecular weight excluding hydrogens is 511 g/mol. The summed E-state index contributed by atoms with van der Waals surface area (Å²) in [5, 5.41) is 15.1. The minimum atomic E-state index is -4.70. The van der Waals surface area contributed by atoms with Crippen LogP contribution in [0.1, 0.15) is 48.4 Å². The lowest BCUT2D eigenvalue weighted by molar-refractivity contribution is -0.145. The van der Waals surface area contributed by atoms with Crippen molar-refractivity contribution in [3.63, 3.8) is 0 Å². The van der Waals surface area contributed by atoms with E-state index in [0.29, 0.717) is 32.4 Å². The van der Waals surface area contributed by atoms with E-state index in [-0.39, 0.29) is 23.4 Å². The van der Waals surface area contributed by atoms with Gasteiger partial charge < -0.3 is 9.88 Å². The highest BCUT2D eigenvalue weighted by atomic mass is 19.4. The molecular formula is C26H24F3N9O. The number of rotatable bonds is 6. The lowest BCUT2D eigenvalue weighted by Crippen LogP contribution is -2.58. The number of Topliss-reactive ketones (excluding diaryl/α,β-unsaturated/α-hetero) is 1. The molecule has 13 heteroatoms. The van der Waals surface area contributed by atoms with Crippen LogP contribution in [0, 0.1) is 17.2 Å². The number of carbonyl (C=O) groups is 1. The third-order valence-electron chi connectivity index (χ3n) is 7.91. The van der Waals surface area contributed by atoms with Crippen molar-refractivity contribution in [1.29, 1.82) is 5.26 Å². The molecule has 1 aliphatic carbocycles. The number of aromatic amines is 1. The number of ketones is 1. The molecule has 6 rings (SSSR count). The Kier molecular flexibility index (Phi) is 6.14. The second-order valence-corrected chi connectivity index (χ2v) is 10.2. The molecule has 4 aromatic heterocycles. The van der Waals surface area contributed by atoms with E-state index in [1.165, 1.54) is 12.4 Å². The van der Waals surface area contributed by atoms with Crippen LogP contribution in [0.5, 0.6) is 0 Å². The molecule has 0 spiro atoms. The highest BCUT2D eigenvalue weighted by molar-refractivity contribution is 5.96. The Morgan fingerprint density at radius 3 is 2.72 bits per heavy atom. The van der Waals surface area contributed by atoms with Gasteiger partial charge in [0.25, 0.3) is 0 Å². The number of alkyl halides is 3. The van der Waals surface area contributed by atoms with Crippen LogP contribution < -0.4 is 0 Å². The summed E-state index contributed by atoms with van der Waals surface area (Å²) < 4.78 is 40.8. The van der Waals surface area contributed by atoms with Crippen LogP contribution in [-0.2, 0) is 11.7 Å². The minimum Gasteiger partial charge on any atom is -0.346 e. The molecule has 4 aromatic rings. The zero-order valence-corrected chi connectivity index (χ0v) is 20.8. The maximum absolute atomic E-state index is 13.0. The number of carbonyl (C=O) groups excluding carboxylic acids is 1. The van der Waals surface area contributed by atoms with Gasteiger partial charge in [-0.1, -0.05) is 0 Å². The normalized spacial score (nSPS) is 22.5. The first-order valence-corrected chi connectivity index (χ1v) is 12.7. The van der Waals surface area contributed by atoms with Crippen LogP contribution in [-0.4, -0.2) is 64.5 Å². The summed E-state index contributed by atoms with van der Waals surface area (Å²) in [6.45, 7) is 1.30. The first-order valence-electron chi connectivity index (χ1n) is 12.7. The molecule has 2 fully saturated rings. The van der Waals surface area contributed by atoms with Gasteiger partial charge in [0.2, 0.25) is 5.82 Å². The van der Waals surface area contributed by atoms with Crippen LogP contribution in [0.3, 0.4) is 0 Å². The zero-order valence-electron chi connectivity index (χ0n) is 20.8. The van der Waals surface area contributed by atoms with E-state index < -0.39 is 17.5 Å². The largest absolute Gasteiger partial charge is 0.451 e. The van der Waals surface area contributed by atoms with E-state index in [9.17, 15) is 23.2 Å². The molecule has 0 amide bonds. The van der Waals surface area contributed by atoms with Crippen molar-refractivity contribution in [1.82, 2.24) is 39.6 Å². The molecule has 10 nitrogen and oxygen atoms in total. The Hall–Kier alpha value is -4.18. The van der Waals surface area contributed by atoms with Crippen LogP contribution >= 0.6 is 0 Å². The third kappa shape index (κ3) is 4.54. The average molecular weight is 536 g/mol. The number of likely N-dealkylation sites (tertiary alicyclic amines) is 1. The second kappa shape index (κ2) is 9.53. The number of aromatic nitrogens is 7. The number of nitrogens with zero attached hydrogens (tertiary/aromatic N) is 8. The van der Waals surface area contributed by atoms with Crippen LogP contribution in [0.25, 0.3) is 22.3 Å². The van der Waals surface area contributed by atoms with Gasteiger partial charge in [-0.05, 0) is 50.9 Å². The monoisotopic (exact) mass is 535 g/mol. The highest BCUT2D eigenvalue weighted by Gasteiger charge is 2.49. The van der Waals surface area contributed by atoms with Crippen molar-refractivity contribution < 1.29 is 18.0 Å². The first-order chi connectivity index (χ1) is 18.8. The standard InChI is InChI=1S/C26H24F3N9O/c27-26(28,29)24-32-8-2-20(36-24)22(39)16-3-9-37(10-4-16)18-11-25(12-18,5-6-30)38-14-17(13-35-38)21-19-1-7-31-23(19)34-15-33-21/h1-2,7-8,13-16,18H,3-5,9-12H2,(H,31,33,34). The molecule has 1 aliphatic heterocycles. The molecule has 1 N–H and O–H groups in total. The van der Waals surface area contributed by atoms with E-state index in [4.69, 9.17) is 0 Å². The smallest absolute Gasteiger partial charge is 0.346 e. The SMILES string of the molecule is N#CCC1(n2cc(-c3ncnc4[nH]ccc34)cn2)CC(N2CCC(C(=O)c3ccnc(C(F)(F)F)n3)CC2)C1. The molecule has 0 atom stereocenters. The summed E-state index contributed by atoms with van der Waals surface area (Å²) >= 11 is 0. The van der Waals surface area contributed by atoms with E-state index in [2.05, 4.69) is 41.0 Å². The number of halogens is 3. The van der Waals surface area contributed by atoms with Gasteiger partial charge in [0.15, 0.2) is 5.78 Å². The Bertz CT molecular complexity index is 1560. The molecule has 200 valence electrons. The fraction of sp³-hybridized carbons (Fsp3) is 0.423. The Balaban J connectivity index is 1.11. The second-order valence-electron chi connectivity index (χ2n) is 10.2. The molecule has 2 aliphatic rings. The van der Waals surface area contributed by atoms with Crippen molar-refractivity contribution in [3.05, 3.63) is 54.8 Å². The van der Waals surface area contributed by atoms with E-state index in [1.807, 2.05) is 23.1 Å². The van der Waals surface area contributed by atoms with Gasteiger partial charge in [-0.3, -0.25) is 9.48 Å². The summed E-state index contributed by atoms with van der Waals surface area (Å²) in [6.07, 6.45) is 6.17. The molecule has 1 saturated carbocycles. The van der Waals surface area contributed by atoms with Crippen molar-refractivity contribution in [2.75, 3.05) is 13.1 Å². The molecule has 0 bridgehead atoms. The Morgan fingerprint density at radius 2 is 1.97 bits per heavy atom. The third-order valence-corrected chi connectivity index (χ3v) is 7.91. The molecule has 1 saturated heterocycles. The molecule has 0 unspecified atom stereocenters. The highest BCUT2D eigenvalue weighted by Crippen LogP contribution is 2.46. The topological polar surface area (TPSA) is 129 Å². The molecule has 0 radical (unpaired) electrons. The maximum Gasteiger partial charge on any atom is 0.451 e. The molecule has 5 heterocycles. The number of hydrogen-bond donors (Lipinski definition) is 1. The summed E-state index contributed by atoms with van der Waals surface area (Å²) in [7, 11) is 0. The lowest BCUT2D eigenvalue weighted by atomic mass is 9.69. The average Bonchev–Trinajstić information content (AvgIpc) is 3.60. The minimum absolute atomic E-state index is 0.192. The van der Waals surface area contributed by atoms with Crippen LogP contribution in [0.2, 0.25) is 0 Å². The van der Waals surface area contributed by atoms with E-state index in [0.717, 1.165) is 41.3 Å². The van der Waals surface area contributed by atoms with Crippen LogP contribution in [0.15, 0.2) is 43.2 Å². The van der Waals surface area contributed by atoms with Gasteiger partial charge in [0, 0.05) is 41.5 Å². The number of nitriles is 1. The van der Waals surface area contributed by atoms with Crippen molar-refractivity contribution in [2.45, 2.75) is 49.9 Å². The fourth-order valence-electron chi connectivity index (χ4n) is 5.81. The Labute approximate surface area is 220 Å². The number of piperidine rings is 1. The maximum atomic E-state index is 13.0. The fourth-order valence-corrected chi connectivity index (χ4v) is 5.81. The first kappa shape index (κ1) is 25.1. The molecule has 0 aromatic carbocycles. The van der Waals surface area contributed by atoms with E-state index >= 15 is 0 Å². The van der Waals surface area contributed by atoms with Gasteiger partial charge in [0.1, 0.15) is 17.7 Å². The van der Waals surface area contributed by atoms with Crippen molar-refractivity contribution in [2.24, 2.45) is 5.92 Å². The summed E-state index contributed by atoms with van der Waals surface area (Å²) in [5.41, 5.74) is 1.74. The number of fused-ring (bicyclic) bond motifs is 1. The number of H-pyrrole nitrogens is 1. The Morgan fingerprint density at radius 1 is 1.18 bits per heavy atom. The van der Waals surface area contributed by atoms with E-state index in [1.54, 1.807) is 6.20 Å². The van der Waals surface area contributed by atoms with Crippen LogP contribution in [0.4, 0.5) is 13.2 Å². The zero-order chi connectivity index (χ0) is 27.2. The van der Waals surface area contributed by atoms with Crippen molar-refractivity contribution >= 4 is 16.8 Å². The van der Waals surface area contributed by atoms with Gasteiger partial charge >= 0.3 is 6.18 Å². The lowest BCUT2D eigenvalue weighted by Gasteiger charge is -2.52. The number of hydrogen-bond acceptors (Lipinski definition) is 8. The predicted octanol–water partition coefficient (Wildman–Crippen LogP) is 4.00. The summed E-state index contributed by atoms with van der Waals surface area (Å²) in [4.78, 5) is 33.6. The summed E-state index contributed by atoms with van der Waals surface area (Å²) in [5.74, 6) is -2.05. The molecule has 39 heavy (non-hydrogen) atoms. The van der Waals surface area contributed by atoms with Gasteiger partial charge in [-0.2, -0.15) is 23.5 Å². The summed E-state index contributed by atoms with van der Waals surface area (Å²) in [6, 6.07) is 5.71. The quantitative estimate of drug-likeness (QED) is 0.367. The van der Waals surface area contributed by atoms with Gasteiger partial charge in [0.05, 0.1) is 29.9 Å². The van der Waals surface area contributed by atoms with Gasteiger partial charge in [-0.15, -0.1) is 0 Å².